The Labute approximate surface area is 141 Å². The van der Waals surface area contributed by atoms with E-state index in [0.29, 0.717) is 21.7 Å². The van der Waals surface area contributed by atoms with Crippen molar-refractivity contribution in [3.63, 3.8) is 0 Å². The van der Waals surface area contributed by atoms with Gasteiger partial charge in [0.15, 0.2) is 11.8 Å². The van der Waals surface area contributed by atoms with Crippen molar-refractivity contribution in [1.82, 2.24) is 14.8 Å². The maximum Gasteiger partial charge on any atom is 0.264 e. The number of carbonyl (C=O) groups is 1. The van der Waals surface area contributed by atoms with Crippen LogP contribution in [0.3, 0.4) is 0 Å². The molecular formula is C13H12Cl2N4O2S. The number of hydrogen-bond donors (Lipinski definition) is 1. The van der Waals surface area contributed by atoms with Crippen molar-refractivity contribution in [2.24, 2.45) is 0 Å². The summed E-state index contributed by atoms with van der Waals surface area (Å²) >= 11 is 13.4. The molecule has 1 amide bonds. The summed E-state index contributed by atoms with van der Waals surface area (Å²) in [5, 5.41) is 12.4. The minimum Gasteiger partial charge on any atom is -0.482 e. The predicted octanol–water partition coefficient (Wildman–Crippen LogP) is 3.10. The molecule has 116 valence electrons. The predicted molar refractivity (Wildman–Crippen MR) is 85.9 cm³/mol. The Kier molecular flexibility index (Phi) is 4.75. The van der Waals surface area contributed by atoms with Gasteiger partial charge in [-0.15, -0.1) is 10.2 Å². The van der Waals surface area contributed by atoms with Crippen LogP contribution in [0.1, 0.15) is 6.42 Å². The second-order valence-corrected chi connectivity index (χ2v) is 6.48. The van der Waals surface area contributed by atoms with E-state index in [0.717, 1.165) is 23.9 Å². The van der Waals surface area contributed by atoms with Gasteiger partial charge in [0.25, 0.3) is 5.91 Å². The zero-order valence-corrected chi connectivity index (χ0v) is 13.7. The molecule has 0 saturated heterocycles. The van der Waals surface area contributed by atoms with Crippen molar-refractivity contribution >= 4 is 46.8 Å². The third kappa shape index (κ3) is 3.48. The van der Waals surface area contributed by atoms with Crippen molar-refractivity contribution in [2.75, 3.05) is 17.7 Å². The van der Waals surface area contributed by atoms with E-state index >= 15 is 0 Å². The summed E-state index contributed by atoms with van der Waals surface area (Å²) < 4.78 is 7.27. The number of anilines is 1. The van der Waals surface area contributed by atoms with Gasteiger partial charge in [0.05, 0.1) is 5.02 Å². The highest BCUT2D eigenvalue weighted by atomic mass is 35.5. The molecule has 1 aliphatic heterocycles. The molecule has 1 aliphatic rings. The lowest BCUT2D eigenvalue weighted by Crippen LogP contribution is -2.23. The summed E-state index contributed by atoms with van der Waals surface area (Å²) in [4.78, 5) is 12.0. The van der Waals surface area contributed by atoms with Gasteiger partial charge in [-0.05, 0) is 24.6 Å². The van der Waals surface area contributed by atoms with E-state index in [1.807, 2.05) is 4.57 Å². The number of carbonyl (C=O) groups excluding carboxylic acids is 1. The van der Waals surface area contributed by atoms with E-state index in [4.69, 9.17) is 27.9 Å². The van der Waals surface area contributed by atoms with Gasteiger partial charge in [0.2, 0.25) is 5.95 Å². The molecule has 1 aromatic heterocycles. The summed E-state index contributed by atoms with van der Waals surface area (Å²) in [6.45, 7) is 0.630. The number of hydrogen-bond acceptors (Lipinski definition) is 5. The van der Waals surface area contributed by atoms with Crippen LogP contribution in [0.2, 0.25) is 10.0 Å². The summed E-state index contributed by atoms with van der Waals surface area (Å²) in [6.07, 6.45) is 1.02. The first kappa shape index (κ1) is 15.5. The molecule has 3 rings (SSSR count). The highest BCUT2D eigenvalue weighted by molar-refractivity contribution is 7.99. The number of halogens is 2. The molecule has 22 heavy (non-hydrogen) atoms. The minimum absolute atomic E-state index is 0.170. The van der Waals surface area contributed by atoms with Gasteiger partial charge in [-0.2, -0.15) is 0 Å². The Hall–Kier alpha value is -1.44. The molecular weight excluding hydrogens is 347 g/mol. The third-order valence-corrected chi connectivity index (χ3v) is 4.56. The van der Waals surface area contributed by atoms with Gasteiger partial charge < -0.3 is 4.74 Å². The first-order valence-electron chi connectivity index (χ1n) is 6.57. The fourth-order valence-corrected chi connectivity index (χ4v) is 3.32. The van der Waals surface area contributed by atoms with Crippen molar-refractivity contribution < 1.29 is 9.53 Å². The largest absolute Gasteiger partial charge is 0.482 e. The first-order chi connectivity index (χ1) is 10.6. The van der Waals surface area contributed by atoms with E-state index in [1.54, 1.807) is 30.0 Å². The van der Waals surface area contributed by atoms with Gasteiger partial charge >= 0.3 is 0 Å². The van der Waals surface area contributed by atoms with Crippen molar-refractivity contribution in [3.8, 4) is 5.75 Å². The number of ether oxygens (including phenoxy) is 1. The Morgan fingerprint density at radius 2 is 2.27 bits per heavy atom. The third-order valence-electron chi connectivity index (χ3n) is 2.98. The number of aromatic nitrogens is 3. The molecule has 1 aromatic carbocycles. The maximum absolute atomic E-state index is 12.0. The van der Waals surface area contributed by atoms with Gasteiger partial charge in [-0.1, -0.05) is 35.0 Å². The normalized spacial score (nSPS) is 13.5. The van der Waals surface area contributed by atoms with E-state index in [-0.39, 0.29) is 12.5 Å². The average molecular weight is 359 g/mol. The fraction of sp³-hybridized carbons (Fsp3) is 0.308. The molecule has 2 heterocycles. The lowest BCUT2D eigenvalue weighted by molar-refractivity contribution is -0.118. The lowest BCUT2D eigenvalue weighted by Gasteiger charge is -2.14. The summed E-state index contributed by atoms with van der Waals surface area (Å²) in [5.41, 5.74) is 0. The lowest BCUT2D eigenvalue weighted by atomic mass is 10.3. The number of rotatable bonds is 4. The van der Waals surface area contributed by atoms with Crippen LogP contribution in [0.4, 0.5) is 5.95 Å². The van der Waals surface area contributed by atoms with Crippen molar-refractivity contribution in [1.29, 1.82) is 0 Å². The van der Waals surface area contributed by atoms with Crippen molar-refractivity contribution in [2.45, 2.75) is 18.1 Å². The SMILES string of the molecule is O=C(COc1ccc(Cl)cc1Cl)Nc1nnc2n1CCCS2. The van der Waals surface area contributed by atoms with Gasteiger partial charge in [-0.25, -0.2) is 0 Å². The number of benzene rings is 1. The maximum atomic E-state index is 12.0. The summed E-state index contributed by atoms with van der Waals surface area (Å²) in [6, 6.07) is 4.82. The van der Waals surface area contributed by atoms with Crippen LogP contribution in [-0.2, 0) is 11.3 Å². The van der Waals surface area contributed by atoms with Crippen LogP contribution in [0, 0.1) is 0 Å². The molecule has 2 aromatic rings. The molecule has 0 aliphatic carbocycles. The van der Waals surface area contributed by atoms with Crippen LogP contribution in [0.15, 0.2) is 23.4 Å². The molecule has 0 radical (unpaired) electrons. The Balaban J connectivity index is 1.60. The molecule has 0 unspecified atom stereocenters. The quantitative estimate of drug-likeness (QED) is 0.909. The van der Waals surface area contributed by atoms with Crippen LogP contribution >= 0.6 is 35.0 Å². The van der Waals surface area contributed by atoms with Crippen LogP contribution in [0.5, 0.6) is 5.75 Å². The standard InChI is InChI=1S/C13H12Cl2N4O2S/c14-8-2-3-10(9(15)6-8)21-7-11(20)16-12-17-18-13-19(12)4-1-5-22-13/h2-3,6H,1,4-5,7H2,(H,16,17,20). The Bertz CT molecular complexity index is 707. The van der Waals surface area contributed by atoms with E-state index in [9.17, 15) is 4.79 Å². The fourth-order valence-electron chi connectivity index (χ4n) is 1.97. The number of amides is 1. The molecule has 1 N–H and O–H groups in total. The zero-order valence-electron chi connectivity index (χ0n) is 11.4. The topological polar surface area (TPSA) is 69.0 Å². The second-order valence-electron chi connectivity index (χ2n) is 4.57. The van der Waals surface area contributed by atoms with E-state index in [2.05, 4.69) is 15.5 Å². The minimum atomic E-state index is -0.322. The molecule has 0 saturated carbocycles. The second kappa shape index (κ2) is 6.76. The molecule has 6 nitrogen and oxygen atoms in total. The number of thioether (sulfide) groups is 1. The van der Waals surface area contributed by atoms with E-state index < -0.39 is 0 Å². The number of nitrogens with one attached hydrogen (secondary N) is 1. The molecule has 0 atom stereocenters. The number of nitrogens with zero attached hydrogens (tertiary/aromatic N) is 3. The van der Waals surface area contributed by atoms with Crippen LogP contribution in [-0.4, -0.2) is 33.0 Å². The zero-order chi connectivity index (χ0) is 15.5. The van der Waals surface area contributed by atoms with Gasteiger partial charge in [0, 0.05) is 17.3 Å². The first-order valence-corrected chi connectivity index (χ1v) is 8.31. The van der Waals surface area contributed by atoms with E-state index in [1.165, 1.54) is 0 Å². The smallest absolute Gasteiger partial charge is 0.264 e. The summed E-state index contributed by atoms with van der Waals surface area (Å²) in [7, 11) is 0. The molecule has 0 fully saturated rings. The Morgan fingerprint density at radius 3 is 3.09 bits per heavy atom. The van der Waals surface area contributed by atoms with Crippen molar-refractivity contribution in [3.05, 3.63) is 28.2 Å². The Morgan fingerprint density at radius 1 is 1.41 bits per heavy atom. The van der Waals surface area contributed by atoms with Gasteiger partial charge in [0.1, 0.15) is 5.75 Å². The monoisotopic (exact) mass is 358 g/mol. The summed E-state index contributed by atoms with van der Waals surface area (Å²) in [5.74, 6) is 1.54. The molecule has 0 bridgehead atoms. The van der Waals surface area contributed by atoms with Crippen LogP contribution < -0.4 is 10.1 Å². The number of fused-ring (bicyclic) bond motifs is 1. The van der Waals surface area contributed by atoms with Crippen LogP contribution in [0.25, 0.3) is 0 Å². The highest BCUT2D eigenvalue weighted by Crippen LogP contribution is 2.28. The average Bonchev–Trinajstić information content (AvgIpc) is 2.90. The van der Waals surface area contributed by atoms with Gasteiger partial charge in [-0.3, -0.25) is 14.7 Å². The molecule has 9 heteroatoms. The molecule has 0 spiro atoms. The highest BCUT2D eigenvalue weighted by Gasteiger charge is 2.18.